The van der Waals surface area contributed by atoms with Crippen molar-refractivity contribution in [1.82, 2.24) is 9.88 Å². The van der Waals surface area contributed by atoms with E-state index in [0.717, 1.165) is 13.0 Å². The van der Waals surface area contributed by atoms with Crippen LogP contribution in [0, 0.1) is 0 Å². The molecule has 0 aliphatic carbocycles. The number of hydrogen-bond acceptors (Lipinski definition) is 4. The zero-order valence-electron chi connectivity index (χ0n) is 12.5. The van der Waals surface area contributed by atoms with Gasteiger partial charge in [-0.1, -0.05) is 0 Å². The Bertz CT molecular complexity index is 349. The summed E-state index contributed by atoms with van der Waals surface area (Å²) in [6.07, 6.45) is 4.14. The molecule has 1 N–H and O–H groups in total. The van der Waals surface area contributed by atoms with E-state index in [9.17, 15) is 5.11 Å². The zero-order chi connectivity index (χ0) is 14.3. The third-order valence-corrected chi connectivity index (χ3v) is 2.76. The first-order valence-electron chi connectivity index (χ1n) is 6.76. The first-order chi connectivity index (χ1) is 8.87. The predicted molar refractivity (Wildman–Crippen MR) is 77.1 cm³/mol. The van der Waals surface area contributed by atoms with E-state index < -0.39 is 6.10 Å². The number of pyridine rings is 1. The predicted octanol–water partition coefficient (Wildman–Crippen LogP) is 1.73. The summed E-state index contributed by atoms with van der Waals surface area (Å²) in [5.41, 5.74) is 1.07. The molecule has 19 heavy (non-hydrogen) atoms. The molecular weight excluding hydrogens is 240 g/mol. The Morgan fingerprint density at radius 3 is 2.53 bits per heavy atom. The number of aliphatic hydroxyl groups excluding tert-OH is 1. The highest BCUT2D eigenvalue weighted by molar-refractivity contribution is 5.09. The van der Waals surface area contributed by atoms with Crippen LogP contribution in [0.4, 0.5) is 0 Å². The largest absolute Gasteiger partial charge is 0.389 e. The SMILES string of the molecule is CN(CCc1ccncc1)CC(O)COC(C)(C)C. The van der Waals surface area contributed by atoms with Crippen LogP contribution in [-0.4, -0.2) is 53.4 Å². The van der Waals surface area contributed by atoms with Crippen molar-refractivity contribution in [3.05, 3.63) is 30.1 Å². The number of rotatable bonds is 7. The lowest BCUT2D eigenvalue weighted by Crippen LogP contribution is -2.35. The van der Waals surface area contributed by atoms with Gasteiger partial charge in [0.15, 0.2) is 0 Å². The molecule has 4 heteroatoms. The van der Waals surface area contributed by atoms with Gasteiger partial charge in [-0.2, -0.15) is 0 Å². The van der Waals surface area contributed by atoms with Gasteiger partial charge in [0.1, 0.15) is 0 Å². The van der Waals surface area contributed by atoms with Crippen molar-refractivity contribution in [1.29, 1.82) is 0 Å². The van der Waals surface area contributed by atoms with Crippen LogP contribution >= 0.6 is 0 Å². The van der Waals surface area contributed by atoms with E-state index in [1.54, 1.807) is 12.4 Å². The Balaban J connectivity index is 2.21. The van der Waals surface area contributed by atoms with Crippen molar-refractivity contribution >= 4 is 0 Å². The summed E-state index contributed by atoms with van der Waals surface area (Å²) in [4.78, 5) is 6.12. The molecule has 1 atom stereocenters. The summed E-state index contributed by atoms with van der Waals surface area (Å²) < 4.78 is 5.57. The molecule has 0 spiro atoms. The lowest BCUT2D eigenvalue weighted by atomic mass is 10.2. The van der Waals surface area contributed by atoms with E-state index in [0.29, 0.717) is 13.2 Å². The van der Waals surface area contributed by atoms with Gasteiger partial charge in [0.25, 0.3) is 0 Å². The number of aliphatic hydroxyl groups is 1. The van der Waals surface area contributed by atoms with Crippen molar-refractivity contribution in [3.8, 4) is 0 Å². The van der Waals surface area contributed by atoms with E-state index in [2.05, 4.69) is 9.88 Å². The lowest BCUT2D eigenvalue weighted by Gasteiger charge is -2.25. The fourth-order valence-corrected chi connectivity index (χ4v) is 1.72. The molecule has 0 saturated carbocycles. The number of hydrogen-bond donors (Lipinski definition) is 1. The Morgan fingerprint density at radius 2 is 1.95 bits per heavy atom. The molecule has 0 bridgehead atoms. The molecular formula is C15H26N2O2. The Morgan fingerprint density at radius 1 is 1.32 bits per heavy atom. The average Bonchev–Trinajstić information content (AvgIpc) is 2.34. The second kappa shape index (κ2) is 7.58. The van der Waals surface area contributed by atoms with Crippen LogP contribution < -0.4 is 0 Å². The van der Waals surface area contributed by atoms with Crippen LogP contribution in [0.1, 0.15) is 26.3 Å². The quantitative estimate of drug-likeness (QED) is 0.816. The van der Waals surface area contributed by atoms with Crippen molar-refractivity contribution in [2.24, 2.45) is 0 Å². The standard InChI is InChI=1S/C15H26N2O2/c1-15(2,3)19-12-14(18)11-17(4)10-7-13-5-8-16-9-6-13/h5-6,8-9,14,18H,7,10-12H2,1-4H3. The van der Waals surface area contributed by atoms with Crippen molar-refractivity contribution in [2.75, 3.05) is 26.7 Å². The average molecular weight is 266 g/mol. The van der Waals surface area contributed by atoms with Gasteiger partial charge in [0, 0.05) is 25.5 Å². The van der Waals surface area contributed by atoms with Crippen molar-refractivity contribution in [3.63, 3.8) is 0 Å². The number of nitrogens with zero attached hydrogens (tertiary/aromatic N) is 2. The van der Waals surface area contributed by atoms with Crippen LogP contribution in [0.25, 0.3) is 0 Å². The highest BCUT2D eigenvalue weighted by Crippen LogP contribution is 2.07. The molecule has 0 radical (unpaired) electrons. The molecule has 0 amide bonds. The summed E-state index contributed by atoms with van der Waals surface area (Å²) >= 11 is 0. The van der Waals surface area contributed by atoms with Crippen molar-refractivity contribution in [2.45, 2.75) is 38.9 Å². The molecule has 4 nitrogen and oxygen atoms in total. The number of aromatic nitrogens is 1. The van der Waals surface area contributed by atoms with Gasteiger partial charge in [-0.3, -0.25) is 4.98 Å². The Labute approximate surface area is 116 Å². The third-order valence-electron chi connectivity index (χ3n) is 2.76. The number of likely N-dealkylation sites (N-methyl/N-ethyl adjacent to an activating group) is 1. The van der Waals surface area contributed by atoms with Gasteiger partial charge in [-0.05, 0) is 51.9 Å². The van der Waals surface area contributed by atoms with E-state index in [1.807, 2.05) is 40.0 Å². The normalized spacial score (nSPS) is 13.8. The maximum Gasteiger partial charge on any atom is 0.0900 e. The molecule has 0 aliphatic heterocycles. The van der Waals surface area contributed by atoms with Crippen LogP contribution in [0.2, 0.25) is 0 Å². The monoisotopic (exact) mass is 266 g/mol. The summed E-state index contributed by atoms with van der Waals surface area (Å²) in [5.74, 6) is 0. The number of ether oxygens (including phenoxy) is 1. The molecule has 1 aromatic rings. The summed E-state index contributed by atoms with van der Waals surface area (Å²) in [6.45, 7) is 7.90. The van der Waals surface area contributed by atoms with Crippen LogP contribution in [0.3, 0.4) is 0 Å². The molecule has 1 unspecified atom stereocenters. The van der Waals surface area contributed by atoms with Gasteiger partial charge < -0.3 is 14.7 Å². The van der Waals surface area contributed by atoms with Gasteiger partial charge in [0.2, 0.25) is 0 Å². The lowest BCUT2D eigenvalue weighted by molar-refractivity contribution is -0.0545. The smallest absolute Gasteiger partial charge is 0.0900 e. The molecule has 1 rings (SSSR count). The Hall–Kier alpha value is -0.970. The van der Waals surface area contributed by atoms with E-state index in [-0.39, 0.29) is 5.60 Å². The highest BCUT2D eigenvalue weighted by Gasteiger charge is 2.14. The minimum atomic E-state index is -0.443. The van der Waals surface area contributed by atoms with Crippen LogP contribution in [0.5, 0.6) is 0 Å². The van der Waals surface area contributed by atoms with Gasteiger partial charge in [0.05, 0.1) is 18.3 Å². The Kier molecular flexibility index (Phi) is 6.42. The second-order valence-corrected chi connectivity index (χ2v) is 5.94. The molecule has 0 aliphatic rings. The van der Waals surface area contributed by atoms with Crippen molar-refractivity contribution < 1.29 is 9.84 Å². The first kappa shape index (κ1) is 16.1. The zero-order valence-corrected chi connectivity index (χ0v) is 12.5. The maximum atomic E-state index is 9.90. The van der Waals surface area contributed by atoms with Gasteiger partial charge in [-0.25, -0.2) is 0 Å². The summed E-state index contributed by atoms with van der Waals surface area (Å²) in [6, 6.07) is 4.04. The third kappa shape index (κ3) is 7.93. The minimum absolute atomic E-state index is 0.198. The molecule has 0 saturated heterocycles. The maximum absolute atomic E-state index is 9.90. The highest BCUT2D eigenvalue weighted by atomic mass is 16.5. The van der Waals surface area contributed by atoms with Crippen LogP contribution in [0.15, 0.2) is 24.5 Å². The summed E-state index contributed by atoms with van der Waals surface area (Å²) in [5, 5.41) is 9.90. The first-order valence-corrected chi connectivity index (χ1v) is 6.76. The fraction of sp³-hybridized carbons (Fsp3) is 0.667. The molecule has 1 heterocycles. The molecule has 1 aromatic heterocycles. The fourth-order valence-electron chi connectivity index (χ4n) is 1.72. The van der Waals surface area contributed by atoms with E-state index >= 15 is 0 Å². The van der Waals surface area contributed by atoms with Gasteiger partial charge >= 0.3 is 0 Å². The minimum Gasteiger partial charge on any atom is -0.389 e. The summed E-state index contributed by atoms with van der Waals surface area (Å²) in [7, 11) is 2.02. The molecule has 0 aromatic carbocycles. The molecule has 0 fully saturated rings. The van der Waals surface area contributed by atoms with E-state index in [4.69, 9.17) is 4.74 Å². The van der Waals surface area contributed by atoms with E-state index in [1.165, 1.54) is 5.56 Å². The second-order valence-electron chi connectivity index (χ2n) is 5.94. The molecule has 108 valence electrons. The van der Waals surface area contributed by atoms with Crippen LogP contribution in [-0.2, 0) is 11.2 Å². The topological polar surface area (TPSA) is 45.6 Å². The van der Waals surface area contributed by atoms with Gasteiger partial charge in [-0.15, -0.1) is 0 Å².